The van der Waals surface area contributed by atoms with Crippen LogP contribution in [0.1, 0.15) is 31.9 Å². The van der Waals surface area contributed by atoms with E-state index in [2.05, 4.69) is 5.32 Å². The van der Waals surface area contributed by atoms with Crippen molar-refractivity contribution in [2.24, 2.45) is 0 Å². The number of carbonyl (C=O) groups excluding carboxylic acids is 1. The van der Waals surface area contributed by atoms with Crippen LogP contribution in [0.4, 0.5) is 5.69 Å². The van der Waals surface area contributed by atoms with E-state index in [1.807, 2.05) is 25.1 Å². The third kappa shape index (κ3) is 5.78. The number of carbonyl (C=O) groups is 1. The third-order valence-corrected chi connectivity index (χ3v) is 6.01. The molecule has 0 saturated heterocycles. The molecule has 0 aliphatic heterocycles. The predicted molar refractivity (Wildman–Crippen MR) is 117 cm³/mol. The van der Waals surface area contributed by atoms with Crippen molar-refractivity contribution in [3.05, 3.63) is 58.1 Å². The van der Waals surface area contributed by atoms with Crippen LogP contribution in [-0.2, 0) is 14.8 Å². The largest absolute Gasteiger partial charge is 0.496 e. The van der Waals surface area contributed by atoms with Gasteiger partial charge < -0.3 is 10.1 Å². The Labute approximate surface area is 181 Å². The fourth-order valence-corrected chi connectivity index (χ4v) is 4.85. The van der Waals surface area contributed by atoms with Crippen LogP contribution in [0.25, 0.3) is 0 Å². The van der Waals surface area contributed by atoms with E-state index in [9.17, 15) is 13.2 Å². The maximum atomic E-state index is 13.1. The van der Waals surface area contributed by atoms with Gasteiger partial charge in [0, 0.05) is 15.6 Å². The van der Waals surface area contributed by atoms with Gasteiger partial charge in [0.2, 0.25) is 15.9 Å². The number of anilines is 1. The van der Waals surface area contributed by atoms with Crippen molar-refractivity contribution in [1.29, 1.82) is 0 Å². The molecular weight excluding hydrogens is 435 g/mol. The molecule has 0 spiro atoms. The van der Waals surface area contributed by atoms with E-state index in [0.29, 0.717) is 5.75 Å². The number of hydrogen-bond acceptors (Lipinski definition) is 4. The maximum absolute atomic E-state index is 13.1. The molecule has 0 saturated carbocycles. The smallest absolute Gasteiger partial charge is 0.244 e. The molecule has 0 bridgehead atoms. The standard InChI is InChI=1S/C20H24Cl2N2O4S/c1-5-18(20(25)23-13(2)17-8-6-7-9-19(17)28-3)24(29(4,26)27)16-11-14(21)10-15(22)12-16/h6-13,18H,5H2,1-4H3,(H,23,25)/t13-,18-/m0/s1. The number of rotatable bonds is 8. The number of benzene rings is 2. The van der Waals surface area contributed by atoms with E-state index in [-0.39, 0.29) is 22.2 Å². The monoisotopic (exact) mass is 458 g/mol. The molecule has 0 aromatic heterocycles. The third-order valence-electron chi connectivity index (χ3n) is 4.40. The lowest BCUT2D eigenvalue weighted by molar-refractivity contribution is -0.122. The molecule has 158 valence electrons. The molecule has 0 unspecified atom stereocenters. The second-order valence-corrected chi connectivity index (χ2v) is 9.32. The van der Waals surface area contributed by atoms with Crippen LogP contribution in [0.5, 0.6) is 5.75 Å². The quantitative estimate of drug-likeness (QED) is 0.634. The molecule has 1 amide bonds. The first-order valence-corrected chi connectivity index (χ1v) is 11.6. The number of hydrogen-bond donors (Lipinski definition) is 1. The molecule has 2 aromatic rings. The van der Waals surface area contributed by atoms with E-state index in [4.69, 9.17) is 27.9 Å². The van der Waals surface area contributed by atoms with Crippen molar-refractivity contribution >= 4 is 44.8 Å². The normalized spacial score (nSPS) is 13.4. The van der Waals surface area contributed by atoms with Gasteiger partial charge in [-0.1, -0.05) is 48.3 Å². The minimum atomic E-state index is -3.79. The van der Waals surface area contributed by atoms with Crippen LogP contribution in [0.2, 0.25) is 10.0 Å². The van der Waals surface area contributed by atoms with Gasteiger partial charge in [0.15, 0.2) is 0 Å². The Morgan fingerprint density at radius 1 is 1.17 bits per heavy atom. The second-order valence-electron chi connectivity index (χ2n) is 6.58. The van der Waals surface area contributed by atoms with Gasteiger partial charge in [0.1, 0.15) is 11.8 Å². The van der Waals surface area contributed by atoms with Crippen molar-refractivity contribution in [2.45, 2.75) is 32.4 Å². The summed E-state index contributed by atoms with van der Waals surface area (Å²) in [6.45, 7) is 3.55. The Hall–Kier alpha value is -1.96. The summed E-state index contributed by atoms with van der Waals surface area (Å²) >= 11 is 12.1. The van der Waals surface area contributed by atoms with E-state index >= 15 is 0 Å². The summed E-state index contributed by atoms with van der Waals surface area (Å²) in [7, 11) is -2.24. The van der Waals surface area contributed by atoms with Crippen LogP contribution in [0, 0.1) is 0 Å². The zero-order valence-corrected chi connectivity index (χ0v) is 19.0. The molecule has 9 heteroatoms. The van der Waals surface area contributed by atoms with E-state index in [0.717, 1.165) is 16.1 Å². The molecular formula is C20H24Cl2N2O4S. The first-order chi connectivity index (χ1) is 13.6. The molecule has 0 radical (unpaired) electrons. The average Bonchev–Trinajstić information content (AvgIpc) is 2.63. The number of amides is 1. The van der Waals surface area contributed by atoms with Crippen molar-refractivity contribution in [3.63, 3.8) is 0 Å². The molecule has 2 atom stereocenters. The van der Waals surface area contributed by atoms with Gasteiger partial charge >= 0.3 is 0 Å². The van der Waals surface area contributed by atoms with Gasteiger partial charge in [-0.05, 0) is 37.6 Å². The number of methoxy groups -OCH3 is 1. The lowest BCUT2D eigenvalue weighted by atomic mass is 10.1. The van der Waals surface area contributed by atoms with Gasteiger partial charge in [-0.2, -0.15) is 0 Å². The number of ether oxygens (including phenoxy) is 1. The second kappa shape index (κ2) is 9.69. The Morgan fingerprint density at radius 3 is 2.28 bits per heavy atom. The van der Waals surface area contributed by atoms with E-state index < -0.39 is 28.0 Å². The predicted octanol–water partition coefficient (Wildman–Crippen LogP) is 4.42. The van der Waals surface area contributed by atoms with Crippen LogP contribution in [-0.4, -0.2) is 33.7 Å². The maximum Gasteiger partial charge on any atom is 0.244 e. The highest BCUT2D eigenvalue weighted by atomic mass is 35.5. The van der Waals surface area contributed by atoms with Gasteiger partial charge in [-0.25, -0.2) is 8.42 Å². The molecule has 2 aromatic carbocycles. The lowest BCUT2D eigenvalue weighted by Gasteiger charge is -2.31. The first-order valence-electron chi connectivity index (χ1n) is 8.97. The number of nitrogens with one attached hydrogen (secondary N) is 1. The fraction of sp³-hybridized carbons (Fsp3) is 0.350. The highest BCUT2D eigenvalue weighted by Crippen LogP contribution is 2.30. The van der Waals surface area contributed by atoms with Gasteiger partial charge in [0.05, 0.1) is 25.1 Å². The SMILES string of the molecule is CC[C@@H](C(=O)N[C@@H](C)c1ccccc1OC)N(c1cc(Cl)cc(Cl)c1)S(C)(=O)=O. The number of nitrogens with zero attached hydrogens (tertiary/aromatic N) is 1. The molecule has 0 heterocycles. The van der Waals surface area contributed by atoms with Gasteiger partial charge in [0.25, 0.3) is 0 Å². The minimum absolute atomic E-state index is 0.233. The molecule has 0 aliphatic carbocycles. The van der Waals surface area contributed by atoms with Crippen molar-refractivity contribution in [2.75, 3.05) is 17.7 Å². The molecule has 29 heavy (non-hydrogen) atoms. The number of para-hydroxylation sites is 1. The van der Waals surface area contributed by atoms with E-state index in [1.54, 1.807) is 20.1 Å². The highest BCUT2D eigenvalue weighted by molar-refractivity contribution is 7.92. The van der Waals surface area contributed by atoms with Crippen molar-refractivity contribution in [1.82, 2.24) is 5.32 Å². The average molecular weight is 459 g/mol. The summed E-state index contributed by atoms with van der Waals surface area (Å²) in [6.07, 6.45) is 1.29. The lowest BCUT2D eigenvalue weighted by Crippen LogP contribution is -2.49. The molecule has 2 rings (SSSR count). The number of halogens is 2. The summed E-state index contributed by atoms with van der Waals surface area (Å²) in [5.41, 5.74) is 1.02. The Bertz CT molecular complexity index is 962. The Morgan fingerprint density at radius 2 is 1.76 bits per heavy atom. The Kier molecular flexibility index (Phi) is 7.80. The van der Waals surface area contributed by atoms with Crippen LogP contribution in [0.3, 0.4) is 0 Å². The van der Waals surface area contributed by atoms with Crippen LogP contribution >= 0.6 is 23.2 Å². The highest BCUT2D eigenvalue weighted by Gasteiger charge is 2.32. The molecule has 1 N–H and O–H groups in total. The summed E-state index contributed by atoms with van der Waals surface area (Å²) in [5, 5.41) is 3.44. The minimum Gasteiger partial charge on any atom is -0.496 e. The zero-order valence-electron chi connectivity index (χ0n) is 16.6. The fourth-order valence-electron chi connectivity index (χ4n) is 3.14. The summed E-state index contributed by atoms with van der Waals surface area (Å²) in [5.74, 6) is 0.197. The van der Waals surface area contributed by atoms with Gasteiger partial charge in [-0.15, -0.1) is 0 Å². The summed E-state index contributed by atoms with van der Waals surface area (Å²) in [4.78, 5) is 13.1. The summed E-state index contributed by atoms with van der Waals surface area (Å²) in [6, 6.07) is 10.4. The van der Waals surface area contributed by atoms with Crippen LogP contribution < -0.4 is 14.4 Å². The summed E-state index contributed by atoms with van der Waals surface area (Å²) < 4.78 is 31.5. The zero-order chi connectivity index (χ0) is 21.8. The molecule has 6 nitrogen and oxygen atoms in total. The molecule has 0 fully saturated rings. The van der Waals surface area contributed by atoms with Crippen molar-refractivity contribution in [3.8, 4) is 5.75 Å². The van der Waals surface area contributed by atoms with E-state index in [1.165, 1.54) is 18.2 Å². The van der Waals surface area contributed by atoms with Crippen LogP contribution in [0.15, 0.2) is 42.5 Å². The topological polar surface area (TPSA) is 75.7 Å². The van der Waals surface area contributed by atoms with Crippen molar-refractivity contribution < 1.29 is 17.9 Å². The molecule has 0 aliphatic rings. The van der Waals surface area contributed by atoms with Gasteiger partial charge in [-0.3, -0.25) is 9.10 Å². The Balaban J connectivity index is 2.38. The first kappa shape index (κ1) is 23.3. The number of sulfonamides is 1.